The Balaban J connectivity index is 2.16. The number of nitrogens with zero attached hydrogens (tertiary/aromatic N) is 1. The summed E-state index contributed by atoms with van der Waals surface area (Å²) in [5.41, 5.74) is 5.62. The van der Waals surface area contributed by atoms with Gasteiger partial charge in [0.05, 0.1) is 5.69 Å². The van der Waals surface area contributed by atoms with Crippen molar-refractivity contribution in [2.75, 3.05) is 0 Å². The van der Waals surface area contributed by atoms with Crippen LogP contribution in [-0.4, -0.2) is 4.98 Å². The van der Waals surface area contributed by atoms with Gasteiger partial charge in [-0.3, -0.25) is 0 Å². The van der Waals surface area contributed by atoms with Gasteiger partial charge in [0.1, 0.15) is 11.3 Å². The zero-order valence-corrected chi connectivity index (χ0v) is 14.0. The van der Waals surface area contributed by atoms with Crippen LogP contribution in [0.5, 0.6) is 0 Å². The number of halogens is 1. The lowest BCUT2D eigenvalue weighted by Crippen LogP contribution is -1.99. The van der Waals surface area contributed by atoms with E-state index in [1.807, 2.05) is 54.6 Å². The van der Waals surface area contributed by atoms with Crippen molar-refractivity contribution in [3.63, 3.8) is 0 Å². The first-order chi connectivity index (χ1) is 12.3. The molecular weight excluding hydrogens is 309 g/mol. The molecule has 0 bridgehead atoms. The quantitative estimate of drug-likeness (QED) is 0.432. The Morgan fingerprint density at radius 3 is 2.04 bits per heavy atom. The summed E-state index contributed by atoms with van der Waals surface area (Å²) in [4.78, 5) is 4.73. The molecule has 0 spiro atoms. The molecule has 0 radical (unpaired) electrons. The molecule has 25 heavy (non-hydrogen) atoms. The third-order valence-electron chi connectivity index (χ3n) is 4.53. The molecule has 0 unspecified atom stereocenters. The second kappa shape index (κ2) is 6.48. The largest absolute Gasteiger partial charge is 0.244 e. The van der Waals surface area contributed by atoms with Crippen LogP contribution in [0.15, 0.2) is 78.9 Å². The highest BCUT2D eigenvalue weighted by Gasteiger charge is 2.18. The minimum absolute atomic E-state index is 0.283. The molecule has 1 aromatic heterocycles. The minimum atomic E-state index is -0.283. The summed E-state index contributed by atoms with van der Waals surface area (Å²) < 4.78 is 14.6. The summed E-state index contributed by atoms with van der Waals surface area (Å²) in [6.45, 7) is 2.13. The van der Waals surface area contributed by atoms with Gasteiger partial charge >= 0.3 is 0 Å². The monoisotopic (exact) mass is 327 g/mol. The summed E-state index contributed by atoms with van der Waals surface area (Å²) in [6, 6.07) is 25.4. The minimum Gasteiger partial charge on any atom is -0.244 e. The van der Waals surface area contributed by atoms with Gasteiger partial charge in [-0.15, -0.1) is 0 Å². The number of aromatic nitrogens is 1. The molecule has 0 N–H and O–H groups in total. The molecule has 2 heteroatoms. The average molecular weight is 327 g/mol. The van der Waals surface area contributed by atoms with E-state index in [4.69, 9.17) is 4.98 Å². The lowest BCUT2D eigenvalue weighted by Gasteiger charge is -2.17. The smallest absolute Gasteiger partial charge is 0.149 e. The molecule has 4 aromatic rings. The highest BCUT2D eigenvalue weighted by atomic mass is 19.1. The predicted molar refractivity (Wildman–Crippen MR) is 102 cm³/mol. The molecule has 0 aliphatic carbocycles. The molecule has 0 saturated carbocycles. The van der Waals surface area contributed by atoms with Crippen LogP contribution in [0.25, 0.3) is 33.3 Å². The van der Waals surface area contributed by atoms with Gasteiger partial charge < -0.3 is 0 Å². The molecule has 0 amide bonds. The van der Waals surface area contributed by atoms with E-state index >= 15 is 0 Å². The highest BCUT2D eigenvalue weighted by Crippen LogP contribution is 2.37. The Morgan fingerprint density at radius 2 is 1.40 bits per heavy atom. The van der Waals surface area contributed by atoms with Crippen molar-refractivity contribution in [2.45, 2.75) is 13.3 Å². The van der Waals surface area contributed by atoms with Crippen molar-refractivity contribution in [1.29, 1.82) is 0 Å². The first-order valence-corrected chi connectivity index (χ1v) is 8.51. The highest BCUT2D eigenvalue weighted by molar-refractivity contribution is 5.99. The van der Waals surface area contributed by atoms with Gasteiger partial charge in [0, 0.05) is 10.9 Å². The number of pyridine rings is 1. The Bertz CT molecular complexity index is 1020. The van der Waals surface area contributed by atoms with Crippen molar-refractivity contribution >= 4 is 10.9 Å². The summed E-state index contributed by atoms with van der Waals surface area (Å²) in [7, 11) is 0. The predicted octanol–water partition coefficient (Wildman–Crippen LogP) is 6.27. The summed E-state index contributed by atoms with van der Waals surface area (Å²) in [5, 5.41) is 0.864. The normalized spacial score (nSPS) is 11.0. The second-order valence-electron chi connectivity index (χ2n) is 6.04. The van der Waals surface area contributed by atoms with E-state index < -0.39 is 0 Å². The molecule has 0 fully saturated rings. The fraction of sp³-hybridized carbons (Fsp3) is 0.0870. The van der Waals surface area contributed by atoms with Crippen molar-refractivity contribution in [1.82, 2.24) is 4.98 Å². The molecule has 0 aliphatic rings. The molecule has 3 aromatic carbocycles. The number of hydrogen-bond acceptors (Lipinski definition) is 1. The first-order valence-electron chi connectivity index (χ1n) is 8.51. The van der Waals surface area contributed by atoms with E-state index in [1.165, 1.54) is 6.07 Å². The lowest BCUT2D eigenvalue weighted by atomic mass is 9.90. The fourth-order valence-corrected chi connectivity index (χ4v) is 3.40. The SMILES string of the molecule is CCc1c(-c2ccccc2)nc2c(F)cccc2c1-c1ccccc1. The van der Waals surface area contributed by atoms with E-state index in [1.54, 1.807) is 6.07 Å². The van der Waals surface area contributed by atoms with Crippen LogP contribution < -0.4 is 0 Å². The van der Waals surface area contributed by atoms with Gasteiger partial charge in [0.2, 0.25) is 0 Å². The van der Waals surface area contributed by atoms with Gasteiger partial charge in [-0.1, -0.05) is 79.7 Å². The van der Waals surface area contributed by atoms with Crippen molar-refractivity contribution in [3.05, 3.63) is 90.2 Å². The van der Waals surface area contributed by atoms with Gasteiger partial charge in [-0.25, -0.2) is 9.37 Å². The Morgan fingerprint density at radius 1 is 0.760 bits per heavy atom. The molecule has 0 saturated heterocycles. The number of fused-ring (bicyclic) bond motifs is 1. The fourth-order valence-electron chi connectivity index (χ4n) is 3.40. The van der Waals surface area contributed by atoms with E-state index in [0.717, 1.165) is 39.8 Å². The van der Waals surface area contributed by atoms with Crippen LogP contribution in [0, 0.1) is 5.82 Å². The van der Waals surface area contributed by atoms with E-state index in [0.29, 0.717) is 5.52 Å². The maximum absolute atomic E-state index is 14.6. The molecule has 4 rings (SSSR count). The maximum atomic E-state index is 14.6. The van der Waals surface area contributed by atoms with Gasteiger partial charge in [0.15, 0.2) is 0 Å². The van der Waals surface area contributed by atoms with Crippen LogP contribution >= 0.6 is 0 Å². The molecule has 0 atom stereocenters. The third-order valence-corrected chi connectivity index (χ3v) is 4.53. The Labute approximate surface area is 146 Å². The molecular formula is C23H18FN. The summed E-state index contributed by atoms with van der Waals surface area (Å²) in [5.74, 6) is -0.283. The first kappa shape index (κ1) is 15.5. The number of rotatable bonds is 3. The number of para-hydroxylation sites is 1. The van der Waals surface area contributed by atoms with Gasteiger partial charge in [-0.2, -0.15) is 0 Å². The zero-order chi connectivity index (χ0) is 17.2. The van der Waals surface area contributed by atoms with Crippen LogP contribution in [-0.2, 0) is 6.42 Å². The average Bonchev–Trinajstić information content (AvgIpc) is 2.68. The Kier molecular flexibility index (Phi) is 4.02. The molecule has 122 valence electrons. The molecule has 0 aliphatic heterocycles. The summed E-state index contributed by atoms with van der Waals surface area (Å²) in [6.07, 6.45) is 0.827. The number of benzene rings is 3. The van der Waals surface area contributed by atoms with E-state index in [-0.39, 0.29) is 5.82 Å². The van der Waals surface area contributed by atoms with Gasteiger partial charge in [0.25, 0.3) is 0 Å². The van der Waals surface area contributed by atoms with Crippen LogP contribution in [0.1, 0.15) is 12.5 Å². The molecule has 1 heterocycles. The van der Waals surface area contributed by atoms with Crippen LogP contribution in [0.3, 0.4) is 0 Å². The number of hydrogen-bond donors (Lipinski definition) is 0. The van der Waals surface area contributed by atoms with Crippen molar-refractivity contribution in [2.24, 2.45) is 0 Å². The van der Waals surface area contributed by atoms with Gasteiger partial charge in [-0.05, 0) is 29.2 Å². The van der Waals surface area contributed by atoms with Crippen LogP contribution in [0.2, 0.25) is 0 Å². The van der Waals surface area contributed by atoms with Crippen molar-refractivity contribution < 1.29 is 4.39 Å². The zero-order valence-electron chi connectivity index (χ0n) is 14.0. The Hall–Kier alpha value is -3.00. The topological polar surface area (TPSA) is 12.9 Å². The van der Waals surface area contributed by atoms with Crippen LogP contribution in [0.4, 0.5) is 4.39 Å². The second-order valence-corrected chi connectivity index (χ2v) is 6.04. The molecule has 1 nitrogen and oxygen atoms in total. The third kappa shape index (κ3) is 2.70. The maximum Gasteiger partial charge on any atom is 0.149 e. The summed E-state index contributed by atoms with van der Waals surface area (Å²) >= 11 is 0. The van der Waals surface area contributed by atoms with E-state index in [9.17, 15) is 4.39 Å². The lowest BCUT2D eigenvalue weighted by molar-refractivity contribution is 0.637. The van der Waals surface area contributed by atoms with Crippen molar-refractivity contribution in [3.8, 4) is 22.4 Å². The standard InChI is InChI=1S/C23H18FN/c1-2-18-21(16-10-5-3-6-11-16)19-14-9-15-20(24)23(19)25-22(18)17-12-7-4-8-13-17/h3-15H,2H2,1H3. The van der Waals surface area contributed by atoms with E-state index in [2.05, 4.69) is 19.1 Å².